The van der Waals surface area contributed by atoms with Crippen molar-refractivity contribution in [1.82, 2.24) is 9.80 Å². The number of amides is 3. The van der Waals surface area contributed by atoms with Crippen LogP contribution in [0.15, 0.2) is 24.3 Å². The van der Waals surface area contributed by atoms with Gasteiger partial charge in [0.25, 0.3) is 11.8 Å². The Morgan fingerprint density at radius 2 is 1.65 bits per heavy atom. The van der Waals surface area contributed by atoms with Gasteiger partial charge in [0.1, 0.15) is 0 Å². The van der Waals surface area contributed by atoms with Crippen molar-refractivity contribution in [2.75, 3.05) is 6.54 Å². The number of fused-ring (bicyclic) bond motifs is 1. The summed E-state index contributed by atoms with van der Waals surface area (Å²) in [4.78, 5) is 38.6. The molecule has 0 saturated heterocycles. The van der Waals surface area contributed by atoms with E-state index in [0.29, 0.717) is 17.5 Å². The highest BCUT2D eigenvalue weighted by Crippen LogP contribution is 2.24. The summed E-state index contributed by atoms with van der Waals surface area (Å²) in [6.07, 6.45) is -0.609. The molecule has 6 nitrogen and oxygen atoms in total. The number of hydrogen-bond acceptors (Lipinski definition) is 3. The van der Waals surface area contributed by atoms with Crippen molar-refractivity contribution in [2.45, 2.75) is 45.7 Å². The van der Waals surface area contributed by atoms with Crippen LogP contribution in [0.25, 0.3) is 0 Å². The van der Waals surface area contributed by atoms with E-state index < -0.39 is 11.6 Å². The Balaban J connectivity index is 2.09. The highest BCUT2D eigenvalue weighted by Gasteiger charge is 2.36. The molecule has 1 aliphatic rings. The Labute approximate surface area is 135 Å². The van der Waals surface area contributed by atoms with Crippen LogP contribution < -0.4 is 0 Å². The van der Waals surface area contributed by atoms with Gasteiger partial charge in [-0.2, -0.15) is 0 Å². The Bertz CT molecular complexity index is 613. The first-order chi connectivity index (χ1) is 10.6. The van der Waals surface area contributed by atoms with Crippen molar-refractivity contribution in [2.24, 2.45) is 0 Å². The Morgan fingerprint density at radius 1 is 1.17 bits per heavy atom. The Hall–Kier alpha value is -2.37. The van der Waals surface area contributed by atoms with Crippen molar-refractivity contribution >= 4 is 17.9 Å². The van der Waals surface area contributed by atoms with E-state index in [-0.39, 0.29) is 24.4 Å². The highest BCUT2D eigenvalue weighted by atomic mass is 16.4. The van der Waals surface area contributed by atoms with Gasteiger partial charge in [-0.3, -0.25) is 14.5 Å². The number of hydrogen-bond donors (Lipinski definition) is 1. The lowest BCUT2D eigenvalue weighted by molar-refractivity contribution is 0.0583. The van der Waals surface area contributed by atoms with Crippen LogP contribution in [0.1, 0.15) is 54.8 Å². The summed E-state index contributed by atoms with van der Waals surface area (Å²) in [5.41, 5.74) is 0.278. The van der Waals surface area contributed by atoms with Crippen LogP contribution >= 0.6 is 0 Å². The summed E-state index contributed by atoms with van der Waals surface area (Å²) in [6, 6.07) is 6.41. The monoisotopic (exact) mass is 318 g/mol. The molecule has 0 aromatic heterocycles. The van der Waals surface area contributed by atoms with E-state index in [2.05, 4.69) is 0 Å². The van der Waals surface area contributed by atoms with E-state index in [1.54, 1.807) is 31.2 Å². The summed E-state index contributed by atoms with van der Waals surface area (Å²) in [7, 11) is 0. The zero-order valence-electron chi connectivity index (χ0n) is 13.9. The molecule has 1 aromatic rings. The number of rotatable bonds is 4. The van der Waals surface area contributed by atoms with E-state index >= 15 is 0 Å². The average Bonchev–Trinajstić information content (AvgIpc) is 2.67. The number of carbonyl (C=O) groups is 3. The van der Waals surface area contributed by atoms with Crippen molar-refractivity contribution in [3.8, 4) is 0 Å². The zero-order chi connectivity index (χ0) is 17.4. The maximum Gasteiger partial charge on any atom is 0.407 e. The third kappa shape index (κ3) is 3.21. The smallest absolute Gasteiger partial charge is 0.407 e. The van der Waals surface area contributed by atoms with Crippen LogP contribution in [0, 0.1) is 0 Å². The molecule has 1 aromatic carbocycles. The van der Waals surface area contributed by atoms with Crippen molar-refractivity contribution in [1.29, 1.82) is 0 Å². The van der Waals surface area contributed by atoms with E-state index in [1.807, 2.05) is 20.8 Å². The standard InChI is InChI=1S/C17H22N2O4/c1-11(19(16(22)23)17(2,3)4)9-10-18-14(20)12-7-5-6-8-13(12)15(18)21/h5-8,11H,9-10H2,1-4H3,(H,22,23)/t11-/m0/s1. The molecule has 23 heavy (non-hydrogen) atoms. The summed E-state index contributed by atoms with van der Waals surface area (Å²) >= 11 is 0. The summed E-state index contributed by atoms with van der Waals surface area (Å²) < 4.78 is 0. The molecule has 1 heterocycles. The van der Waals surface area contributed by atoms with E-state index in [4.69, 9.17) is 0 Å². The molecule has 1 atom stereocenters. The van der Waals surface area contributed by atoms with Gasteiger partial charge in [-0.1, -0.05) is 12.1 Å². The number of imide groups is 1. The second-order valence-electron chi connectivity index (χ2n) is 6.77. The third-order valence-electron chi connectivity index (χ3n) is 4.02. The van der Waals surface area contributed by atoms with Crippen LogP contribution in [0.2, 0.25) is 0 Å². The molecule has 0 fully saturated rings. The number of carboxylic acid groups (broad SMARTS) is 1. The maximum atomic E-state index is 12.3. The van der Waals surface area contributed by atoms with Gasteiger partial charge in [0.05, 0.1) is 11.1 Å². The second-order valence-corrected chi connectivity index (χ2v) is 6.77. The third-order valence-corrected chi connectivity index (χ3v) is 4.02. The molecule has 0 unspecified atom stereocenters. The predicted octanol–water partition coefficient (Wildman–Crippen LogP) is 2.84. The zero-order valence-corrected chi connectivity index (χ0v) is 13.9. The van der Waals surface area contributed by atoms with E-state index in [0.717, 1.165) is 0 Å². The highest BCUT2D eigenvalue weighted by molar-refractivity contribution is 6.21. The number of carbonyl (C=O) groups excluding carboxylic acids is 2. The molecule has 6 heteroatoms. The van der Waals surface area contributed by atoms with Crippen LogP contribution in [0.4, 0.5) is 4.79 Å². The molecule has 0 bridgehead atoms. The van der Waals surface area contributed by atoms with Crippen LogP contribution in [-0.4, -0.2) is 50.9 Å². The summed E-state index contributed by atoms with van der Waals surface area (Å²) in [5.74, 6) is -0.620. The van der Waals surface area contributed by atoms with Gasteiger partial charge in [0, 0.05) is 18.1 Å². The number of nitrogens with zero attached hydrogens (tertiary/aromatic N) is 2. The predicted molar refractivity (Wildman–Crippen MR) is 85.5 cm³/mol. The minimum atomic E-state index is -1.01. The first-order valence-electron chi connectivity index (χ1n) is 7.62. The first kappa shape index (κ1) is 17.0. The fourth-order valence-corrected chi connectivity index (χ4v) is 3.02. The molecule has 0 aliphatic carbocycles. The molecule has 1 aliphatic heterocycles. The normalized spacial score (nSPS) is 15.6. The molecule has 0 saturated carbocycles. The number of benzene rings is 1. The lowest BCUT2D eigenvalue weighted by Crippen LogP contribution is -2.51. The first-order valence-corrected chi connectivity index (χ1v) is 7.62. The van der Waals surface area contributed by atoms with Gasteiger partial charge in [0.15, 0.2) is 0 Å². The van der Waals surface area contributed by atoms with Crippen LogP contribution in [0.5, 0.6) is 0 Å². The lowest BCUT2D eigenvalue weighted by Gasteiger charge is -2.38. The molecule has 2 rings (SSSR count). The van der Waals surface area contributed by atoms with Crippen LogP contribution in [0.3, 0.4) is 0 Å². The van der Waals surface area contributed by atoms with E-state index in [9.17, 15) is 19.5 Å². The van der Waals surface area contributed by atoms with Gasteiger partial charge in [-0.15, -0.1) is 0 Å². The molecule has 0 spiro atoms. The molecule has 0 radical (unpaired) electrons. The largest absolute Gasteiger partial charge is 0.465 e. The molecule has 3 amide bonds. The lowest BCUT2D eigenvalue weighted by atomic mass is 10.0. The van der Waals surface area contributed by atoms with Crippen LogP contribution in [-0.2, 0) is 0 Å². The van der Waals surface area contributed by atoms with Gasteiger partial charge >= 0.3 is 6.09 Å². The minimum Gasteiger partial charge on any atom is -0.465 e. The fraction of sp³-hybridized carbons (Fsp3) is 0.471. The molecule has 1 N–H and O–H groups in total. The Morgan fingerprint density at radius 3 is 2.04 bits per heavy atom. The molecular weight excluding hydrogens is 296 g/mol. The van der Waals surface area contributed by atoms with E-state index in [1.165, 1.54) is 9.80 Å². The molecule has 124 valence electrons. The fourth-order valence-electron chi connectivity index (χ4n) is 3.02. The van der Waals surface area contributed by atoms with Crippen molar-refractivity contribution < 1.29 is 19.5 Å². The minimum absolute atomic E-state index is 0.202. The van der Waals surface area contributed by atoms with Crippen molar-refractivity contribution in [3.63, 3.8) is 0 Å². The van der Waals surface area contributed by atoms with Gasteiger partial charge in [-0.05, 0) is 46.2 Å². The van der Waals surface area contributed by atoms with Gasteiger partial charge in [-0.25, -0.2) is 4.79 Å². The second kappa shape index (κ2) is 6.02. The Kier molecular flexibility index (Phi) is 4.45. The summed E-state index contributed by atoms with van der Waals surface area (Å²) in [5, 5.41) is 9.40. The molecular formula is C17H22N2O4. The maximum absolute atomic E-state index is 12.3. The topological polar surface area (TPSA) is 77.9 Å². The van der Waals surface area contributed by atoms with Gasteiger partial charge < -0.3 is 10.0 Å². The van der Waals surface area contributed by atoms with Gasteiger partial charge in [0.2, 0.25) is 0 Å². The van der Waals surface area contributed by atoms with Crippen molar-refractivity contribution in [3.05, 3.63) is 35.4 Å². The average molecular weight is 318 g/mol. The SMILES string of the molecule is C[C@@H](CCN1C(=O)c2ccccc2C1=O)N(C(=O)O)C(C)(C)C. The summed E-state index contributed by atoms with van der Waals surface area (Å²) in [6.45, 7) is 7.45. The quantitative estimate of drug-likeness (QED) is 0.866.